The van der Waals surface area contributed by atoms with Crippen LogP contribution in [0.3, 0.4) is 0 Å². The lowest BCUT2D eigenvalue weighted by Crippen LogP contribution is -2.11. The molecule has 0 amide bonds. The highest BCUT2D eigenvalue weighted by atomic mass is 16.5. The highest BCUT2D eigenvalue weighted by Crippen LogP contribution is 2.24. The molecule has 1 aromatic heterocycles. The van der Waals surface area contributed by atoms with E-state index in [0.717, 1.165) is 5.39 Å². The third-order valence-corrected chi connectivity index (χ3v) is 2.45. The maximum Gasteiger partial charge on any atom is 0.306 e. The van der Waals surface area contributed by atoms with Crippen molar-refractivity contribution >= 4 is 16.9 Å². The second kappa shape index (κ2) is 3.84. The van der Waals surface area contributed by atoms with Gasteiger partial charge in [-0.1, -0.05) is 12.1 Å². The van der Waals surface area contributed by atoms with Gasteiger partial charge in [0.05, 0.1) is 5.92 Å². The first-order valence-corrected chi connectivity index (χ1v) is 4.88. The van der Waals surface area contributed by atoms with E-state index in [9.17, 15) is 9.90 Å². The van der Waals surface area contributed by atoms with Gasteiger partial charge in [0.15, 0.2) is 0 Å². The molecule has 1 aromatic carbocycles. The van der Waals surface area contributed by atoms with Crippen molar-refractivity contribution in [2.45, 2.75) is 13.3 Å². The summed E-state index contributed by atoms with van der Waals surface area (Å²) >= 11 is 0. The lowest BCUT2D eigenvalue weighted by atomic mass is 10.0. The third kappa shape index (κ3) is 1.84. The Balaban J connectivity index is 2.35. The average molecular weight is 221 g/mol. The van der Waals surface area contributed by atoms with Crippen molar-refractivity contribution in [1.29, 1.82) is 0 Å². The zero-order valence-electron chi connectivity index (χ0n) is 8.67. The van der Waals surface area contributed by atoms with E-state index in [0.29, 0.717) is 11.3 Å². The van der Waals surface area contributed by atoms with E-state index in [-0.39, 0.29) is 12.2 Å². The number of carboxylic acid groups (broad SMARTS) is 1. The summed E-state index contributed by atoms with van der Waals surface area (Å²) in [5, 5.41) is 22.5. The van der Waals surface area contributed by atoms with E-state index in [1.54, 1.807) is 13.0 Å². The van der Waals surface area contributed by atoms with Gasteiger partial charge in [-0.25, -0.2) is 0 Å². The lowest BCUT2D eigenvalue weighted by molar-refractivity contribution is -0.141. The van der Waals surface area contributed by atoms with Gasteiger partial charge in [0.1, 0.15) is 17.0 Å². The molecular weight excluding hydrogens is 210 g/mol. The molecule has 0 radical (unpaired) electrons. The summed E-state index contributed by atoms with van der Waals surface area (Å²) in [4.78, 5) is 10.7. The summed E-state index contributed by atoms with van der Waals surface area (Å²) in [5.41, 5.74) is 0.535. The minimum atomic E-state index is -0.872. The van der Waals surface area contributed by atoms with Gasteiger partial charge in [0, 0.05) is 17.9 Å². The van der Waals surface area contributed by atoms with Crippen LogP contribution in [0, 0.1) is 5.92 Å². The maximum atomic E-state index is 10.7. The van der Waals surface area contributed by atoms with Crippen molar-refractivity contribution in [2.75, 3.05) is 0 Å². The summed E-state index contributed by atoms with van der Waals surface area (Å²) in [5.74, 6) is -0.753. The van der Waals surface area contributed by atoms with Crippen LogP contribution in [0.2, 0.25) is 0 Å². The Morgan fingerprint density at radius 3 is 3.00 bits per heavy atom. The Labute approximate surface area is 91.3 Å². The predicted octanol–water partition coefficient (Wildman–Crippen LogP) is 1.80. The number of fused-ring (bicyclic) bond motifs is 1. The van der Waals surface area contributed by atoms with Crippen LogP contribution in [0.15, 0.2) is 22.7 Å². The fraction of sp³-hybridized carbons (Fsp3) is 0.273. The van der Waals surface area contributed by atoms with Crippen molar-refractivity contribution in [1.82, 2.24) is 5.16 Å². The molecule has 0 aliphatic carbocycles. The summed E-state index contributed by atoms with van der Waals surface area (Å²) in [6.45, 7) is 1.61. The molecule has 0 saturated carbocycles. The normalized spacial score (nSPS) is 12.8. The molecule has 0 fully saturated rings. The number of hydrogen-bond acceptors (Lipinski definition) is 4. The van der Waals surface area contributed by atoms with Crippen LogP contribution in [0.1, 0.15) is 12.7 Å². The topological polar surface area (TPSA) is 83.6 Å². The lowest BCUT2D eigenvalue weighted by Gasteiger charge is -2.02. The number of phenols is 1. The third-order valence-electron chi connectivity index (χ3n) is 2.45. The summed E-state index contributed by atoms with van der Waals surface area (Å²) < 4.78 is 5.07. The Bertz CT molecular complexity index is 532. The molecule has 2 N–H and O–H groups in total. The summed E-state index contributed by atoms with van der Waals surface area (Å²) in [6, 6.07) is 4.67. The first kappa shape index (κ1) is 10.5. The number of carboxylic acids is 1. The van der Waals surface area contributed by atoms with Gasteiger partial charge in [0.2, 0.25) is 0 Å². The molecule has 1 unspecified atom stereocenters. The maximum absolute atomic E-state index is 10.7. The molecule has 0 aliphatic rings. The molecule has 5 nitrogen and oxygen atoms in total. The number of aromatic nitrogens is 1. The second-order valence-electron chi connectivity index (χ2n) is 3.75. The minimum absolute atomic E-state index is 0.110. The number of phenolic OH excluding ortho intramolecular Hbond substituents is 1. The highest BCUT2D eigenvalue weighted by Gasteiger charge is 2.17. The van der Waals surface area contributed by atoms with Crippen molar-refractivity contribution < 1.29 is 19.5 Å². The van der Waals surface area contributed by atoms with E-state index in [1.165, 1.54) is 12.1 Å². The highest BCUT2D eigenvalue weighted by molar-refractivity contribution is 5.82. The van der Waals surface area contributed by atoms with Gasteiger partial charge in [-0.3, -0.25) is 4.79 Å². The first-order chi connectivity index (χ1) is 7.58. The van der Waals surface area contributed by atoms with Gasteiger partial charge in [-0.2, -0.15) is 0 Å². The molecule has 2 rings (SSSR count). The summed E-state index contributed by atoms with van der Waals surface area (Å²) in [6.07, 6.45) is 0.288. The van der Waals surface area contributed by atoms with Crippen LogP contribution >= 0.6 is 0 Å². The largest absolute Gasteiger partial charge is 0.508 e. The minimum Gasteiger partial charge on any atom is -0.508 e. The molecule has 0 spiro atoms. The Morgan fingerprint density at radius 2 is 2.31 bits per heavy atom. The zero-order valence-corrected chi connectivity index (χ0v) is 8.67. The predicted molar refractivity (Wildman–Crippen MR) is 56.2 cm³/mol. The van der Waals surface area contributed by atoms with Gasteiger partial charge in [0.25, 0.3) is 0 Å². The first-order valence-electron chi connectivity index (χ1n) is 4.88. The number of aromatic hydroxyl groups is 1. The van der Waals surface area contributed by atoms with E-state index in [1.807, 2.05) is 0 Å². The molecule has 0 bridgehead atoms. The van der Waals surface area contributed by atoms with E-state index < -0.39 is 11.9 Å². The van der Waals surface area contributed by atoms with Gasteiger partial charge in [-0.05, 0) is 12.1 Å². The van der Waals surface area contributed by atoms with Crippen molar-refractivity contribution in [3.05, 3.63) is 24.0 Å². The number of benzene rings is 1. The number of rotatable bonds is 3. The molecule has 1 atom stereocenters. The molecule has 2 aromatic rings. The van der Waals surface area contributed by atoms with Gasteiger partial charge < -0.3 is 14.7 Å². The number of carbonyl (C=O) groups is 1. The number of hydrogen-bond donors (Lipinski definition) is 2. The van der Waals surface area contributed by atoms with Crippen molar-refractivity contribution in [2.24, 2.45) is 5.92 Å². The summed E-state index contributed by atoms with van der Waals surface area (Å²) in [7, 11) is 0. The van der Waals surface area contributed by atoms with E-state index in [4.69, 9.17) is 9.63 Å². The Morgan fingerprint density at radius 1 is 1.56 bits per heavy atom. The fourth-order valence-electron chi connectivity index (χ4n) is 1.50. The van der Waals surface area contributed by atoms with Crippen molar-refractivity contribution in [3.8, 4) is 5.75 Å². The Hall–Kier alpha value is -2.04. The van der Waals surface area contributed by atoms with Crippen molar-refractivity contribution in [3.63, 3.8) is 0 Å². The molecule has 5 heteroatoms. The monoisotopic (exact) mass is 221 g/mol. The van der Waals surface area contributed by atoms with E-state index >= 15 is 0 Å². The standard InChI is InChI=1S/C11H11NO4/c1-6(11(14)15)4-10-8-3-2-7(13)5-9(8)12-16-10/h2-3,5-6,13H,4H2,1H3,(H,14,15). The van der Waals surface area contributed by atoms with Crippen LogP contribution in [0.4, 0.5) is 0 Å². The van der Waals surface area contributed by atoms with Crippen LogP contribution in [-0.4, -0.2) is 21.3 Å². The van der Waals surface area contributed by atoms with E-state index in [2.05, 4.69) is 5.16 Å². The molecule has 84 valence electrons. The van der Waals surface area contributed by atoms with Gasteiger partial charge in [-0.15, -0.1) is 0 Å². The molecule has 16 heavy (non-hydrogen) atoms. The average Bonchev–Trinajstić information content (AvgIpc) is 2.60. The van der Waals surface area contributed by atoms with Crippen LogP contribution in [0.25, 0.3) is 10.9 Å². The molecule has 1 heterocycles. The van der Waals surface area contributed by atoms with Crippen LogP contribution < -0.4 is 0 Å². The number of aliphatic carboxylic acids is 1. The zero-order chi connectivity index (χ0) is 11.7. The molecule has 0 aliphatic heterocycles. The van der Waals surface area contributed by atoms with Crippen LogP contribution in [-0.2, 0) is 11.2 Å². The molecular formula is C11H11NO4. The SMILES string of the molecule is CC(Cc1onc2cc(O)ccc12)C(=O)O. The number of nitrogens with zero attached hydrogens (tertiary/aromatic N) is 1. The molecule has 0 saturated heterocycles. The second-order valence-corrected chi connectivity index (χ2v) is 3.75. The Kier molecular flexibility index (Phi) is 2.52. The smallest absolute Gasteiger partial charge is 0.306 e. The fourth-order valence-corrected chi connectivity index (χ4v) is 1.50. The quantitative estimate of drug-likeness (QED) is 0.825. The van der Waals surface area contributed by atoms with Gasteiger partial charge >= 0.3 is 5.97 Å². The van der Waals surface area contributed by atoms with Crippen LogP contribution in [0.5, 0.6) is 5.75 Å².